The summed E-state index contributed by atoms with van der Waals surface area (Å²) in [6, 6.07) is 7.23. The monoisotopic (exact) mass is 248 g/mol. The molecule has 1 atom stereocenters. The van der Waals surface area contributed by atoms with Gasteiger partial charge < -0.3 is 9.84 Å². The van der Waals surface area contributed by atoms with Crippen LogP contribution in [0.1, 0.15) is 12.5 Å². The molecule has 0 radical (unpaired) electrons. The van der Waals surface area contributed by atoms with Crippen LogP contribution in [0.2, 0.25) is 0 Å². The Morgan fingerprint density at radius 2 is 2.44 bits per heavy atom. The second kappa shape index (κ2) is 7.24. The van der Waals surface area contributed by atoms with E-state index in [-0.39, 0.29) is 0 Å². The first-order valence-corrected chi connectivity index (χ1v) is 5.48. The molecule has 0 aliphatic carbocycles. The Labute approximate surface area is 106 Å². The van der Waals surface area contributed by atoms with Crippen molar-refractivity contribution in [1.82, 2.24) is 5.43 Å². The van der Waals surface area contributed by atoms with Crippen LogP contribution in [0, 0.1) is 0 Å². The molecule has 0 fully saturated rings. The van der Waals surface area contributed by atoms with Gasteiger partial charge in [-0.1, -0.05) is 24.8 Å². The maximum atomic E-state index is 11.0. The topological polar surface area (TPSA) is 70.9 Å². The van der Waals surface area contributed by atoms with E-state index in [1.54, 1.807) is 12.1 Å². The Morgan fingerprint density at radius 1 is 1.67 bits per heavy atom. The van der Waals surface area contributed by atoms with Gasteiger partial charge >= 0.3 is 0 Å². The summed E-state index contributed by atoms with van der Waals surface area (Å²) in [6.45, 7) is 5.36. The molecule has 96 valence electrons. The first kappa shape index (κ1) is 13.9. The van der Waals surface area contributed by atoms with Crippen molar-refractivity contribution in [2.45, 2.75) is 13.0 Å². The van der Waals surface area contributed by atoms with Crippen LogP contribution in [-0.4, -0.2) is 29.9 Å². The number of carbonyl (C=O) groups is 1. The van der Waals surface area contributed by atoms with Gasteiger partial charge in [0.1, 0.15) is 18.5 Å². The Balaban J connectivity index is 2.58. The fraction of sp³-hybridized carbons (Fsp3) is 0.231. The van der Waals surface area contributed by atoms with E-state index in [1.807, 2.05) is 18.2 Å². The molecule has 2 N–H and O–H groups in total. The second-order valence-electron chi connectivity index (χ2n) is 3.58. The number of rotatable bonds is 6. The highest BCUT2D eigenvalue weighted by Crippen LogP contribution is 2.11. The summed E-state index contributed by atoms with van der Waals surface area (Å²) in [5, 5.41) is 12.7. The van der Waals surface area contributed by atoms with Gasteiger partial charge in [-0.15, -0.1) is 0 Å². The third-order valence-corrected chi connectivity index (χ3v) is 1.99. The lowest BCUT2D eigenvalue weighted by Gasteiger charge is -2.03. The number of nitrogens with one attached hydrogen (secondary N) is 1. The zero-order valence-corrected chi connectivity index (χ0v) is 10.2. The fourth-order valence-electron chi connectivity index (χ4n) is 1.10. The molecule has 18 heavy (non-hydrogen) atoms. The van der Waals surface area contributed by atoms with E-state index in [2.05, 4.69) is 17.1 Å². The SMILES string of the molecule is C=CCOc1cccc(/C=N/NC(=O)C(C)O)c1. The predicted molar refractivity (Wildman–Crippen MR) is 69.6 cm³/mol. The lowest BCUT2D eigenvalue weighted by molar-refractivity contribution is -0.128. The zero-order valence-electron chi connectivity index (χ0n) is 10.2. The van der Waals surface area contributed by atoms with Gasteiger partial charge in [0.25, 0.3) is 5.91 Å². The van der Waals surface area contributed by atoms with Gasteiger partial charge in [0.05, 0.1) is 6.21 Å². The van der Waals surface area contributed by atoms with Crippen molar-refractivity contribution in [2.24, 2.45) is 5.10 Å². The van der Waals surface area contributed by atoms with Crippen LogP contribution in [0.5, 0.6) is 5.75 Å². The number of aliphatic hydroxyl groups is 1. The molecule has 1 rings (SSSR count). The maximum absolute atomic E-state index is 11.0. The Hall–Kier alpha value is -2.14. The normalized spacial score (nSPS) is 12.1. The smallest absolute Gasteiger partial charge is 0.268 e. The molecule has 1 aromatic rings. The molecular weight excluding hydrogens is 232 g/mol. The van der Waals surface area contributed by atoms with Crippen molar-refractivity contribution >= 4 is 12.1 Å². The Bertz CT molecular complexity index is 442. The molecular formula is C13H16N2O3. The minimum Gasteiger partial charge on any atom is -0.490 e. The summed E-state index contributed by atoms with van der Waals surface area (Å²) in [5.74, 6) is 0.144. The van der Waals surface area contributed by atoms with Crippen LogP contribution < -0.4 is 10.2 Å². The van der Waals surface area contributed by atoms with Crippen molar-refractivity contribution in [3.05, 3.63) is 42.5 Å². The lowest BCUT2D eigenvalue weighted by atomic mass is 10.2. The van der Waals surface area contributed by atoms with Gasteiger partial charge in [0.15, 0.2) is 0 Å². The van der Waals surface area contributed by atoms with E-state index in [0.29, 0.717) is 12.4 Å². The van der Waals surface area contributed by atoms with E-state index in [0.717, 1.165) is 5.56 Å². The van der Waals surface area contributed by atoms with E-state index in [9.17, 15) is 4.79 Å². The molecule has 5 nitrogen and oxygen atoms in total. The highest BCUT2D eigenvalue weighted by molar-refractivity contribution is 5.84. The first-order valence-electron chi connectivity index (χ1n) is 5.48. The average Bonchev–Trinajstić information content (AvgIpc) is 2.36. The van der Waals surface area contributed by atoms with Crippen molar-refractivity contribution in [3.63, 3.8) is 0 Å². The van der Waals surface area contributed by atoms with Crippen molar-refractivity contribution in [3.8, 4) is 5.75 Å². The van der Waals surface area contributed by atoms with Crippen LogP contribution in [0.3, 0.4) is 0 Å². The molecule has 0 bridgehead atoms. The molecule has 1 amide bonds. The van der Waals surface area contributed by atoms with Crippen LogP contribution in [0.4, 0.5) is 0 Å². The maximum Gasteiger partial charge on any atom is 0.268 e. The number of hydrogen-bond donors (Lipinski definition) is 2. The van der Waals surface area contributed by atoms with Crippen molar-refractivity contribution in [1.29, 1.82) is 0 Å². The van der Waals surface area contributed by atoms with Gasteiger partial charge in [0, 0.05) is 0 Å². The number of ether oxygens (including phenoxy) is 1. The fourth-order valence-corrected chi connectivity index (χ4v) is 1.10. The van der Waals surface area contributed by atoms with Crippen molar-refractivity contribution in [2.75, 3.05) is 6.61 Å². The second-order valence-corrected chi connectivity index (χ2v) is 3.58. The van der Waals surface area contributed by atoms with E-state index in [4.69, 9.17) is 9.84 Å². The number of amides is 1. The molecule has 0 saturated carbocycles. The van der Waals surface area contributed by atoms with Crippen molar-refractivity contribution < 1.29 is 14.6 Å². The molecule has 1 unspecified atom stereocenters. The predicted octanol–water partition coefficient (Wildman–Crippen LogP) is 1.08. The summed E-state index contributed by atoms with van der Waals surface area (Å²) in [6.07, 6.45) is 2.05. The molecule has 0 aromatic heterocycles. The number of benzene rings is 1. The van der Waals surface area contributed by atoms with E-state index < -0.39 is 12.0 Å². The highest BCUT2D eigenvalue weighted by Gasteiger charge is 2.05. The lowest BCUT2D eigenvalue weighted by Crippen LogP contribution is -2.28. The summed E-state index contributed by atoms with van der Waals surface area (Å²) in [7, 11) is 0. The van der Waals surface area contributed by atoms with Crippen LogP contribution in [0.15, 0.2) is 42.0 Å². The molecule has 0 aliphatic rings. The Kier molecular flexibility index (Phi) is 5.60. The van der Waals surface area contributed by atoms with Gasteiger partial charge in [-0.25, -0.2) is 5.43 Å². The standard InChI is InChI=1S/C13H16N2O3/c1-3-7-18-12-6-4-5-11(8-12)9-14-15-13(17)10(2)16/h3-6,8-10,16H,1,7H2,2H3,(H,15,17)/b14-9+. The summed E-state index contributed by atoms with van der Waals surface area (Å²) >= 11 is 0. The molecule has 1 aromatic carbocycles. The number of nitrogens with zero attached hydrogens (tertiary/aromatic N) is 1. The first-order chi connectivity index (χ1) is 8.63. The summed E-state index contributed by atoms with van der Waals surface area (Å²) in [5.41, 5.74) is 3.00. The zero-order chi connectivity index (χ0) is 13.4. The third-order valence-electron chi connectivity index (χ3n) is 1.99. The van der Waals surface area contributed by atoms with Crippen LogP contribution >= 0.6 is 0 Å². The van der Waals surface area contributed by atoms with E-state index >= 15 is 0 Å². The quantitative estimate of drug-likeness (QED) is 0.449. The molecule has 0 aliphatic heterocycles. The van der Waals surface area contributed by atoms with Crippen LogP contribution in [0.25, 0.3) is 0 Å². The van der Waals surface area contributed by atoms with Gasteiger partial charge in [-0.05, 0) is 24.6 Å². The van der Waals surface area contributed by atoms with Gasteiger partial charge in [0.2, 0.25) is 0 Å². The molecule has 0 heterocycles. The highest BCUT2D eigenvalue weighted by atomic mass is 16.5. The Morgan fingerprint density at radius 3 is 3.11 bits per heavy atom. The minimum absolute atomic E-state index is 0.430. The van der Waals surface area contributed by atoms with Crippen LogP contribution in [-0.2, 0) is 4.79 Å². The molecule has 5 heteroatoms. The van der Waals surface area contributed by atoms with E-state index in [1.165, 1.54) is 13.1 Å². The number of hydrogen-bond acceptors (Lipinski definition) is 4. The third kappa shape index (κ3) is 4.80. The largest absolute Gasteiger partial charge is 0.490 e. The minimum atomic E-state index is -1.08. The van der Waals surface area contributed by atoms with Gasteiger partial charge in [-0.2, -0.15) is 5.10 Å². The summed E-state index contributed by atoms with van der Waals surface area (Å²) in [4.78, 5) is 11.0. The summed E-state index contributed by atoms with van der Waals surface area (Å²) < 4.78 is 5.35. The number of carbonyl (C=O) groups excluding carboxylic acids is 1. The van der Waals surface area contributed by atoms with Gasteiger partial charge in [-0.3, -0.25) is 4.79 Å². The molecule has 0 saturated heterocycles. The average molecular weight is 248 g/mol. The number of aliphatic hydroxyl groups excluding tert-OH is 1. The molecule has 0 spiro atoms. The number of hydrazone groups is 1.